The number of hydrogen-bond donors (Lipinski definition) is 4. The van der Waals surface area contributed by atoms with Crippen molar-refractivity contribution < 1.29 is 14.3 Å². The van der Waals surface area contributed by atoms with Crippen LogP contribution in [0.5, 0.6) is 0 Å². The number of carbonyl (C=O) groups excluding carboxylic acids is 1. The molecule has 0 saturated carbocycles. The lowest BCUT2D eigenvalue weighted by atomic mass is 10.0. The first-order valence-electron chi connectivity index (χ1n) is 11.2. The summed E-state index contributed by atoms with van der Waals surface area (Å²) in [6.45, 7) is 9.69. The van der Waals surface area contributed by atoms with E-state index in [0.29, 0.717) is 28.9 Å². The summed E-state index contributed by atoms with van der Waals surface area (Å²) in [6.07, 6.45) is 1.77. The maximum absolute atomic E-state index is 13.7. The van der Waals surface area contributed by atoms with Gasteiger partial charge in [0.25, 0.3) is 5.91 Å². The number of rotatable bonds is 6. The van der Waals surface area contributed by atoms with Crippen LogP contribution in [0.4, 0.5) is 10.1 Å². The van der Waals surface area contributed by atoms with E-state index in [-0.39, 0.29) is 11.7 Å². The molecule has 1 saturated heterocycles. The third kappa shape index (κ3) is 4.72. The number of anilines is 1. The van der Waals surface area contributed by atoms with Crippen LogP contribution in [0, 0.1) is 19.7 Å². The van der Waals surface area contributed by atoms with Crippen molar-refractivity contribution >= 4 is 23.2 Å². The van der Waals surface area contributed by atoms with Gasteiger partial charge in [0.15, 0.2) is 6.23 Å². The third-order valence-electron chi connectivity index (χ3n) is 6.42. The van der Waals surface area contributed by atoms with E-state index in [1.165, 1.54) is 12.1 Å². The van der Waals surface area contributed by atoms with Gasteiger partial charge < -0.3 is 30.5 Å². The van der Waals surface area contributed by atoms with Gasteiger partial charge in [0.1, 0.15) is 5.82 Å². The predicted octanol–water partition coefficient (Wildman–Crippen LogP) is 2.42. The summed E-state index contributed by atoms with van der Waals surface area (Å²) in [7, 11) is 2.14. The van der Waals surface area contributed by atoms with Gasteiger partial charge in [-0.1, -0.05) is 0 Å². The molecule has 3 heterocycles. The molecule has 2 aliphatic heterocycles. The minimum atomic E-state index is -0.929. The summed E-state index contributed by atoms with van der Waals surface area (Å²) >= 11 is 0. The van der Waals surface area contributed by atoms with E-state index in [0.717, 1.165) is 56.1 Å². The van der Waals surface area contributed by atoms with Crippen LogP contribution in [0.25, 0.3) is 11.6 Å². The van der Waals surface area contributed by atoms with Gasteiger partial charge in [-0.3, -0.25) is 4.79 Å². The summed E-state index contributed by atoms with van der Waals surface area (Å²) in [5.41, 5.74) is 4.82. The molecule has 0 radical (unpaired) electrons. The molecule has 1 aromatic heterocycles. The molecule has 1 fully saturated rings. The smallest absolute Gasteiger partial charge is 0.253 e. The highest BCUT2D eigenvalue weighted by atomic mass is 19.1. The number of piperazine rings is 1. The van der Waals surface area contributed by atoms with Gasteiger partial charge in [-0.05, 0) is 63.7 Å². The van der Waals surface area contributed by atoms with Crippen molar-refractivity contribution in [1.82, 2.24) is 20.1 Å². The average Bonchev–Trinajstić information content (AvgIpc) is 3.21. The Balaban J connectivity index is 1.41. The summed E-state index contributed by atoms with van der Waals surface area (Å²) in [5, 5.41) is 16.4. The van der Waals surface area contributed by atoms with Crippen LogP contribution in [0.1, 0.15) is 39.3 Å². The van der Waals surface area contributed by atoms with E-state index in [4.69, 9.17) is 0 Å². The number of nitrogens with one attached hydrogen (secondary N) is 3. The Kier molecular flexibility index (Phi) is 6.64. The summed E-state index contributed by atoms with van der Waals surface area (Å²) in [6, 6.07) is 4.38. The molecule has 8 heteroatoms. The fourth-order valence-corrected chi connectivity index (χ4v) is 4.49. The zero-order valence-corrected chi connectivity index (χ0v) is 19.0. The summed E-state index contributed by atoms with van der Waals surface area (Å²) in [4.78, 5) is 20.9. The Morgan fingerprint density at radius 1 is 1.28 bits per heavy atom. The quantitative estimate of drug-likeness (QED) is 0.518. The van der Waals surface area contributed by atoms with E-state index in [9.17, 15) is 14.3 Å². The Bertz CT molecular complexity index is 1020. The lowest BCUT2D eigenvalue weighted by Gasteiger charge is -2.32. The van der Waals surface area contributed by atoms with Crippen molar-refractivity contribution in [2.75, 3.05) is 51.6 Å². The molecule has 0 aliphatic carbocycles. The number of hydrogen-bond acceptors (Lipinski definition) is 5. The number of halogens is 1. The average molecular weight is 442 g/mol. The number of aromatic nitrogens is 1. The molecule has 172 valence electrons. The van der Waals surface area contributed by atoms with Crippen molar-refractivity contribution in [2.24, 2.45) is 0 Å². The fraction of sp³-hybridized carbons (Fsp3) is 0.458. The topological polar surface area (TPSA) is 83.6 Å². The molecule has 32 heavy (non-hydrogen) atoms. The Labute approximate surface area is 188 Å². The Hall–Kier alpha value is -2.68. The molecule has 1 unspecified atom stereocenters. The van der Waals surface area contributed by atoms with Crippen molar-refractivity contribution in [1.29, 1.82) is 0 Å². The van der Waals surface area contributed by atoms with Gasteiger partial charge in [-0.25, -0.2) is 4.39 Å². The predicted molar refractivity (Wildman–Crippen MR) is 125 cm³/mol. The van der Waals surface area contributed by atoms with Crippen molar-refractivity contribution in [3.05, 3.63) is 52.1 Å². The standard InChI is InChI=1S/C24H32FN5O2/c1-15-21(14-19-18-13-17(25)5-6-20(18)28-23(19)31)27-16(2)22(15)24(32)26-7-4-8-30-11-9-29(3)10-12-30/h5-6,13-14,23,27-28,31H,4,7-12H2,1-3H3,(H,26,32)/b19-14-. The van der Waals surface area contributed by atoms with Gasteiger partial charge in [0, 0.05) is 60.9 Å². The highest BCUT2D eigenvalue weighted by Gasteiger charge is 2.26. The maximum atomic E-state index is 13.7. The number of aliphatic hydroxyl groups is 1. The molecular formula is C24H32FN5O2. The number of amides is 1. The molecule has 1 aromatic carbocycles. The van der Waals surface area contributed by atoms with Crippen LogP contribution in [-0.2, 0) is 0 Å². The van der Waals surface area contributed by atoms with Crippen LogP contribution >= 0.6 is 0 Å². The molecule has 4 rings (SSSR count). The number of H-pyrrole nitrogens is 1. The van der Waals surface area contributed by atoms with Crippen LogP contribution in [-0.4, -0.2) is 78.3 Å². The fourth-order valence-electron chi connectivity index (χ4n) is 4.49. The van der Waals surface area contributed by atoms with E-state index < -0.39 is 6.23 Å². The first-order chi connectivity index (χ1) is 15.3. The van der Waals surface area contributed by atoms with Crippen LogP contribution in [0.2, 0.25) is 0 Å². The number of likely N-dealkylation sites (N-methyl/N-ethyl adjacent to an activating group) is 1. The normalized spacial score (nSPS) is 20.4. The van der Waals surface area contributed by atoms with Crippen molar-refractivity contribution in [3.8, 4) is 0 Å². The molecule has 7 nitrogen and oxygen atoms in total. The number of carbonyl (C=O) groups is 1. The second-order valence-electron chi connectivity index (χ2n) is 8.75. The van der Waals surface area contributed by atoms with Crippen molar-refractivity contribution in [2.45, 2.75) is 26.5 Å². The number of aliphatic hydroxyl groups excluding tert-OH is 1. The van der Waals surface area contributed by atoms with E-state index in [2.05, 4.69) is 32.5 Å². The molecule has 4 N–H and O–H groups in total. The highest BCUT2D eigenvalue weighted by molar-refractivity contribution is 5.99. The Morgan fingerprint density at radius 3 is 2.78 bits per heavy atom. The molecule has 2 aliphatic rings. The van der Waals surface area contributed by atoms with Gasteiger partial charge >= 0.3 is 0 Å². The zero-order valence-electron chi connectivity index (χ0n) is 19.0. The largest absolute Gasteiger partial charge is 0.369 e. The monoisotopic (exact) mass is 441 g/mol. The van der Waals surface area contributed by atoms with E-state index in [1.54, 1.807) is 12.1 Å². The molecule has 1 amide bonds. The van der Waals surface area contributed by atoms with Gasteiger partial charge in [0.05, 0.1) is 5.56 Å². The van der Waals surface area contributed by atoms with Gasteiger partial charge in [0.2, 0.25) is 0 Å². The second kappa shape index (κ2) is 9.44. The number of fused-ring (bicyclic) bond motifs is 1. The minimum absolute atomic E-state index is 0.101. The molecule has 1 atom stereocenters. The highest BCUT2D eigenvalue weighted by Crippen LogP contribution is 2.36. The molecular weight excluding hydrogens is 409 g/mol. The number of nitrogens with zero attached hydrogens (tertiary/aromatic N) is 2. The lowest BCUT2D eigenvalue weighted by Crippen LogP contribution is -2.45. The van der Waals surface area contributed by atoms with Crippen LogP contribution in [0.15, 0.2) is 18.2 Å². The second-order valence-corrected chi connectivity index (χ2v) is 8.75. The molecule has 0 bridgehead atoms. The maximum Gasteiger partial charge on any atom is 0.253 e. The van der Waals surface area contributed by atoms with Crippen LogP contribution < -0.4 is 10.6 Å². The third-order valence-corrected chi connectivity index (χ3v) is 6.42. The van der Waals surface area contributed by atoms with E-state index in [1.807, 2.05) is 13.8 Å². The minimum Gasteiger partial charge on any atom is -0.369 e. The zero-order chi connectivity index (χ0) is 22.8. The first-order valence-corrected chi connectivity index (χ1v) is 11.2. The summed E-state index contributed by atoms with van der Waals surface area (Å²) in [5.74, 6) is -0.461. The summed E-state index contributed by atoms with van der Waals surface area (Å²) < 4.78 is 13.7. The van der Waals surface area contributed by atoms with E-state index >= 15 is 0 Å². The number of aryl methyl sites for hydroxylation is 1. The van der Waals surface area contributed by atoms with Crippen molar-refractivity contribution in [3.63, 3.8) is 0 Å². The Morgan fingerprint density at radius 2 is 2.03 bits per heavy atom. The molecule has 2 aromatic rings. The number of benzene rings is 1. The molecule has 0 spiro atoms. The van der Waals surface area contributed by atoms with Crippen LogP contribution in [0.3, 0.4) is 0 Å². The first kappa shape index (κ1) is 22.5. The number of aromatic amines is 1. The van der Waals surface area contributed by atoms with Gasteiger partial charge in [-0.2, -0.15) is 0 Å². The SMILES string of the molecule is Cc1[nH]c(/C=C2/c3cc(F)ccc3NC2O)c(C)c1C(=O)NCCCN1CCN(C)CC1. The van der Waals surface area contributed by atoms with Gasteiger partial charge in [-0.15, -0.1) is 0 Å². The lowest BCUT2D eigenvalue weighted by molar-refractivity contribution is 0.0948.